The van der Waals surface area contributed by atoms with Gasteiger partial charge in [-0.05, 0) is 88.5 Å². The molecule has 0 aliphatic carbocycles. The van der Waals surface area contributed by atoms with Crippen molar-refractivity contribution in [1.29, 1.82) is 0 Å². The quantitative estimate of drug-likeness (QED) is 0.127. The smallest absolute Gasteiger partial charge is 0.345 e. The first-order chi connectivity index (χ1) is 15.8. The lowest BCUT2D eigenvalue weighted by atomic mass is 10.1. The Morgan fingerprint density at radius 3 is 2.55 bits per heavy atom. The minimum absolute atomic E-state index is 0.186. The van der Waals surface area contributed by atoms with E-state index in [1.165, 1.54) is 4.90 Å². The van der Waals surface area contributed by atoms with Crippen molar-refractivity contribution in [2.75, 3.05) is 0 Å². The van der Waals surface area contributed by atoms with Crippen LogP contribution < -0.4 is 4.74 Å². The molecule has 1 aliphatic rings. The molecule has 166 valence electrons. The summed E-state index contributed by atoms with van der Waals surface area (Å²) >= 11 is 12.5. The van der Waals surface area contributed by atoms with Gasteiger partial charge in [-0.3, -0.25) is 14.5 Å². The first-order valence-corrected chi connectivity index (χ1v) is 12.6. The molecule has 0 saturated carbocycles. The minimum atomic E-state index is -0.621. The molecule has 2 amide bonds. The molecule has 0 unspecified atom stereocenters. The Morgan fingerprint density at radius 2 is 1.82 bits per heavy atom. The number of thioether (sulfide) groups is 1. The molecule has 1 heterocycles. The normalized spacial score (nSPS) is 14.8. The number of hydrogen-bond acceptors (Lipinski definition) is 5. The number of halogens is 3. The van der Waals surface area contributed by atoms with Crippen molar-refractivity contribution in [2.45, 2.75) is 6.54 Å². The van der Waals surface area contributed by atoms with Gasteiger partial charge in [0.1, 0.15) is 5.75 Å². The molecule has 0 spiro atoms. The van der Waals surface area contributed by atoms with Crippen molar-refractivity contribution in [3.8, 4) is 5.75 Å². The summed E-state index contributed by atoms with van der Waals surface area (Å²) in [6, 6.07) is 19.2. The monoisotopic (exact) mass is 653 g/mol. The van der Waals surface area contributed by atoms with Gasteiger partial charge in [0.2, 0.25) is 0 Å². The fourth-order valence-electron chi connectivity index (χ4n) is 3.06. The molecule has 9 heteroatoms. The number of ether oxygens (including phenoxy) is 1. The van der Waals surface area contributed by atoms with Crippen LogP contribution in [0.5, 0.6) is 5.75 Å². The Hall–Kier alpha value is -2.14. The van der Waals surface area contributed by atoms with Crippen molar-refractivity contribution in [2.24, 2.45) is 0 Å². The van der Waals surface area contributed by atoms with Crippen LogP contribution in [0.15, 0.2) is 76.1 Å². The summed E-state index contributed by atoms with van der Waals surface area (Å²) in [5.74, 6) is -0.774. The van der Waals surface area contributed by atoms with Gasteiger partial charge < -0.3 is 4.74 Å². The zero-order valence-corrected chi connectivity index (χ0v) is 22.1. The molecule has 33 heavy (non-hydrogen) atoms. The number of carbonyl (C=O) groups is 3. The first-order valence-electron chi connectivity index (χ1n) is 9.58. The summed E-state index contributed by atoms with van der Waals surface area (Å²) in [6.45, 7) is 0.186. The highest BCUT2D eigenvalue weighted by molar-refractivity contribution is 14.1. The molecular weight excluding hydrogens is 641 g/mol. The highest BCUT2D eigenvalue weighted by Crippen LogP contribution is 2.36. The number of esters is 1. The Morgan fingerprint density at radius 1 is 1.09 bits per heavy atom. The summed E-state index contributed by atoms with van der Waals surface area (Å²) < 4.78 is 7.36. The third kappa shape index (κ3) is 5.68. The number of imide groups is 1. The number of nitrogens with zero attached hydrogens (tertiary/aromatic N) is 1. The van der Waals surface area contributed by atoms with Gasteiger partial charge in [0.05, 0.1) is 22.0 Å². The summed E-state index contributed by atoms with van der Waals surface area (Å²) in [5.41, 5.74) is 1.56. The van der Waals surface area contributed by atoms with Gasteiger partial charge in [-0.2, -0.15) is 0 Å². The summed E-state index contributed by atoms with van der Waals surface area (Å²) in [7, 11) is 0. The second-order valence-corrected chi connectivity index (χ2v) is 10.5. The fraction of sp³-hybridized carbons (Fsp3) is 0.0417. The number of rotatable bonds is 5. The number of carbonyl (C=O) groups excluding carboxylic acids is 3. The highest BCUT2D eigenvalue weighted by atomic mass is 127. The van der Waals surface area contributed by atoms with E-state index in [9.17, 15) is 14.4 Å². The number of hydrogen-bond donors (Lipinski definition) is 0. The third-order valence-electron chi connectivity index (χ3n) is 4.68. The molecule has 1 aliphatic heterocycles. The van der Waals surface area contributed by atoms with E-state index < -0.39 is 11.9 Å². The molecule has 1 fully saturated rings. The lowest BCUT2D eigenvalue weighted by Gasteiger charge is -2.12. The minimum Gasteiger partial charge on any atom is -0.422 e. The average Bonchev–Trinajstić information content (AvgIpc) is 3.04. The molecule has 0 atom stereocenters. The van der Waals surface area contributed by atoms with Gasteiger partial charge in [0.25, 0.3) is 11.1 Å². The first kappa shape index (κ1) is 24.0. The maximum absolute atomic E-state index is 13.0. The molecule has 1 saturated heterocycles. The van der Waals surface area contributed by atoms with Crippen LogP contribution in [0.3, 0.4) is 0 Å². The van der Waals surface area contributed by atoms with Crippen LogP contribution in [0.4, 0.5) is 4.79 Å². The number of amides is 2. The SMILES string of the molecule is O=C(Oc1ccc(Br)cc1/C=C1\SC(=O)N(Cc2ccc(I)cc2)C1=O)c1ccccc1Cl. The van der Waals surface area contributed by atoms with Crippen molar-refractivity contribution in [1.82, 2.24) is 4.90 Å². The summed E-state index contributed by atoms with van der Waals surface area (Å²) in [5, 5.41) is -0.0766. The van der Waals surface area contributed by atoms with Crippen LogP contribution >= 0.6 is 61.9 Å². The van der Waals surface area contributed by atoms with E-state index in [2.05, 4.69) is 38.5 Å². The van der Waals surface area contributed by atoms with E-state index >= 15 is 0 Å². The highest BCUT2D eigenvalue weighted by Gasteiger charge is 2.35. The van der Waals surface area contributed by atoms with Crippen molar-refractivity contribution in [3.63, 3.8) is 0 Å². The number of benzene rings is 3. The molecule has 3 aromatic carbocycles. The van der Waals surface area contributed by atoms with Crippen LogP contribution in [0.25, 0.3) is 6.08 Å². The Bertz CT molecular complexity index is 1300. The lowest BCUT2D eigenvalue weighted by molar-refractivity contribution is -0.123. The van der Waals surface area contributed by atoms with E-state index in [0.29, 0.717) is 5.56 Å². The van der Waals surface area contributed by atoms with Gasteiger partial charge in [-0.25, -0.2) is 4.79 Å². The average molecular weight is 655 g/mol. The molecular formula is C24H14BrClINO4S. The fourth-order valence-corrected chi connectivity index (χ4v) is 4.84. The predicted molar refractivity (Wildman–Crippen MR) is 141 cm³/mol. The van der Waals surface area contributed by atoms with Crippen molar-refractivity contribution >= 4 is 85.1 Å². The maximum Gasteiger partial charge on any atom is 0.345 e. The second-order valence-electron chi connectivity index (χ2n) is 6.95. The van der Waals surface area contributed by atoms with E-state index in [4.69, 9.17) is 16.3 Å². The largest absolute Gasteiger partial charge is 0.422 e. The van der Waals surface area contributed by atoms with Gasteiger partial charge >= 0.3 is 5.97 Å². The zero-order chi connectivity index (χ0) is 23.5. The predicted octanol–water partition coefficient (Wildman–Crippen LogP) is 7.16. The molecule has 0 radical (unpaired) electrons. The molecule has 5 nitrogen and oxygen atoms in total. The Balaban J connectivity index is 1.59. The summed E-state index contributed by atoms with van der Waals surface area (Å²) in [6.07, 6.45) is 1.55. The van der Waals surface area contributed by atoms with Crippen LogP contribution in [-0.2, 0) is 11.3 Å². The zero-order valence-electron chi connectivity index (χ0n) is 16.8. The van der Waals surface area contributed by atoms with Gasteiger partial charge in [-0.1, -0.05) is 51.8 Å². The van der Waals surface area contributed by atoms with Gasteiger partial charge in [0, 0.05) is 13.6 Å². The molecule has 3 aromatic rings. The van der Waals surface area contributed by atoms with Crippen LogP contribution in [0.2, 0.25) is 5.02 Å². The Labute approximate surface area is 221 Å². The van der Waals surface area contributed by atoms with E-state index in [1.54, 1.807) is 48.5 Å². The molecule has 0 N–H and O–H groups in total. The van der Waals surface area contributed by atoms with E-state index in [1.807, 2.05) is 24.3 Å². The topological polar surface area (TPSA) is 63.7 Å². The van der Waals surface area contributed by atoms with Crippen LogP contribution in [0.1, 0.15) is 21.5 Å². The standard InChI is InChI=1S/C24H14BrClINO4S/c25-16-7-10-20(32-23(30)18-3-1-2-4-19(18)26)15(11-16)12-21-22(29)28(24(31)33-21)13-14-5-8-17(27)9-6-14/h1-12H,13H2/b21-12-. The van der Waals surface area contributed by atoms with E-state index in [0.717, 1.165) is 25.4 Å². The van der Waals surface area contributed by atoms with Gasteiger partial charge in [-0.15, -0.1) is 0 Å². The summed E-state index contributed by atoms with van der Waals surface area (Å²) in [4.78, 5) is 39.6. The Kier molecular flexibility index (Phi) is 7.58. The third-order valence-corrected chi connectivity index (χ3v) is 7.13. The van der Waals surface area contributed by atoms with Crippen LogP contribution in [0, 0.1) is 3.57 Å². The molecule has 0 bridgehead atoms. The maximum atomic E-state index is 13.0. The molecule has 0 aromatic heterocycles. The van der Waals surface area contributed by atoms with Crippen LogP contribution in [-0.4, -0.2) is 22.0 Å². The van der Waals surface area contributed by atoms with Crippen molar-refractivity contribution in [3.05, 3.63) is 101 Å². The van der Waals surface area contributed by atoms with E-state index in [-0.39, 0.29) is 33.0 Å². The molecule has 4 rings (SSSR count). The second kappa shape index (κ2) is 10.4. The lowest BCUT2D eigenvalue weighted by Crippen LogP contribution is -2.27. The van der Waals surface area contributed by atoms with Crippen molar-refractivity contribution < 1.29 is 19.1 Å². The van der Waals surface area contributed by atoms with Gasteiger partial charge in [0.15, 0.2) is 0 Å².